The third-order valence-electron chi connectivity index (χ3n) is 4.61. The van der Waals surface area contributed by atoms with Crippen LogP contribution in [0.2, 0.25) is 0 Å². The number of rotatable bonds is 2. The summed E-state index contributed by atoms with van der Waals surface area (Å²) in [4.78, 5) is 14.3. The number of hydrogen-bond donors (Lipinski definition) is 0. The molecule has 2 saturated heterocycles. The van der Waals surface area contributed by atoms with Crippen LogP contribution in [0, 0.1) is 0 Å². The summed E-state index contributed by atoms with van der Waals surface area (Å²) in [6.45, 7) is 1.67. The Balaban J connectivity index is 1.84. The minimum atomic E-state index is -3.25. The third-order valence-corrected chi connectivity index (χ3v) is 5.98. The van der Waals surface area contributed by atoms with E-state index in [9.17, 15) is 13.2 Å². The Bertz CT molecular complexity index is 664. The quantitative estimate of drug-likeness (QED) is 0.791. The van der Waals surface area contributed by atoms with Crippen LogP contribution in [0.5, 0.6) is 0 Å². The van der Waals surface area contributed by atoms with Crippen molar-refractivity contribution in [3.05, 3.63) is 24.0 Å². The molecule has 0 aliphatic carbocycles. The SMILES string of the molecule is CS(=O)(=O)N1CCCC12CCCN(C(=O)c1ccnnc1)C2. The van der Waals surface area contributed by atoms with E-state index in [0.29, 0.717) is 25.2 Å². The van der Waals surface area contributed by atoms with Crippen LogP contribution in [0.25, 0.3) is 0 Å². The van der Waals surface area contributed by atoms with Crippen LogP contribution in [0.4, 0.5) is 0 Å². The first-order valence-electron chi connectivity index (χ1n) is 7.46. The van der Waals surface area contributed by atoms with Crippen LogP contribution in [-0.4, -0.2) is 65.2 Å². The maximum absolute atomic E-state index is 12.6. The minimum Gasteiger partial charge on any atom is -0.337 e. The first kappa shape index (κ1) is 15.4. The van der Waals surface area contributed by atoms with E-state index in [2.05, 4.69) is 10.2 Å². The highest BCUT2D eigenvalue weighted by atomic mass is 32.2. The zero-order chi connectivity index (χ0) is 15.8. The summed E-state index contributed by atoms with van der Waals surface area (Å²) in [6, 6.07) is 1.64. The summed E-state index contributed by atoms with van der Waals surface area (Å²) in [6.07, 6.45) is 7.50. The maximum atomic E-state index is 12.6. The van der Waals surface area contributed by atoms with Crippen molar-refractivity contribution in [1.82, 2.24) is 19.4 Å². The molecule has 1 unspecified atom stereocenters. The van der Waals surface area contributed by atoms with E-state index in [1.165, 1.54) is 18.6 Å². The predicted octanol–water partition coefficient (Wildman–Crippen LogP) is 0.507. The van der Waals surface area contributed by atoms with Crippen LogP contribution < -0.4 is 0 Å². The van der Waals surface area contributed by atoms with E-state index >= 15 is 0 Å². The van der Waals surface area contributed by atoms with E-state index in [1.54, 1.807) is 15.3 Å². The Morgan fingerprint density at radius 1 is 1.23 bits per heavy atom. The topological polar surface area (TPSA) is 83.5 Å². The van der Waals surface area contributed by atoms with Gasteiger partial charge in [-0.15, -0.1) is 0 Å². The molecule has 8 heteroatoms. The molecule has 0 N–H and O–H groups in total. The summed E-state index contributed by atoms with van der Waals surface area (Å²) in [5, 5.41) is 7.42. The van der Waals surface area contributed by atoms with Gasteiger partial charge in [0.05, 0.1) is 29.8 Å². The molecule has 7 nitrogen and oxygen atoms in total. The Morgan fingerprint density at radius 2 is 1.95 bits per heavy atom. The first-order valence-corrected chi connectivity index (χ1v) is 9.31. The number of sulfonamides is 1. The van der Waals surface area contributed by atoms with Crippen molar-refractivity contribution >= 4 is 15.9 Å². The molecule has 1 atom stereocenters. The molecule has 2 aliphatic heterocycles. The standard InChI is InChI=1S/C14H20N4O3S/c1-22(20,21)18-9-3-6-14(18)5-2-8-17(11-14)13(19)12-4-7-15-16-10-12/h4,7,10H,2-3,5-6,8-9,11H2,1H3. The van der Waals surface area contributed by atoms with Gasteiger partial charge in [0, 0.05) is 19.6 Å². The highest BCUT2D eigenvalue weighted by Gasteiger charge is 2.48. The summed E-state index contributed by atoms with van der Waals surface area (Å²) in [5.74, 6) is -0.102. The molecule has 3 rings (SSSR count). The molecule has 1 aromatic rings. The number of aromatic nitrogens is 2. The summed E-state index contributed by atoms with van der Waals surface area (Å²) >= 11 is 0. The van der Waals surface area contributed by atoms with Gasteiger partial charge in [0.2, 0.25) is 10.0 Å². The van der Waals surface area contributed by atoms with Crippen LogP contribution in [0.15, 0.2) is 18.5 Å². The van der Waals surface area contributed by atoms with Crippen LogP contribution >= 0.6 is 0 Å². The van der Waals surface area contributed by atoms with Gasteiger partial charge in [-0.05, 0) is 31.7 Å². The van der Waals surface area contributed by atoms with Crippen molar-refractivity contribution in [2.45, 2.75) is 31.2 Å². The molecular formula is C14H20N4O3S. The molecule has 0 radical (unpaired) electrons. The second kappa shape index (κ2) is 5.58. The number of hydrogen-bond acceptors (Lipinski definition) is 5. The zero-order valence-corrected chi connectivity index (χ0v) is 13.4. The number of carbonyl (C=O) groups excluding carboxylic acids is 1. The van der Waals surface area contributed by atoms with E-state index in [0.717, 1.165) is 25.7 Å². The average molecular weight is 324 g/mol. The second-order valence-electron chi connectivity index (χ2n) is 6.12. The van der Waals surface area contributed by atoms with Crippen molar-refractivity contribution in [3.8, 4) is 0 Å². The van der Waals surface area contributed by atoms with Crippen molar-refractivity contribution in [2.75, 3.05) is 25.9 Å². The zero-order valence-electron chi connectivity index (χ0n) is 12.6. The minimum absolute atomic E-state index is 0.102. The molecule has 2 aliphatic rings. The lowest BCUT2D eigenvalue weighted by molar-refractivity contribution is 0.0524. The highest BCUT2D eigenvalue weighted by molar-refractivity contribution is 7.88. The number of likely N-dealkylation sites (tertiary alicyclic amines) is 1. The molecule has 1 spiro atoms. The monoisotopic (exact) mass is 324 g/mol. The smallest absolute Gasteiger partial charge is 0.255 e. The highest BCUT2D eigenvalue weighted by Crippen LogP contribution is 2.39. The van der Waals surface area contributed by atoms with Gasteiger partial charge >= 0.3 is 0 Å². The van der Waals surface area contributed by atoms with Crippen molar-refractivity contribution in [1.29, 1.82) is 0 Å². The Hall–Kier alpha value is -1.54. The van der Waals surface area contributed by atoms with Gasteiger partial charge < -0.3 is 4.90 Å². The molecule has 0 saturated carbocycles. The van der Waals surface area contributed by atoms with Gasteiger partial charge in [0.1, 0.15) is 0 Å². The Morgan fingerprint density at radius 3 is 2.59 bits per heavy atom. The number of nitrogens with zero attached hydrogens (tertiary/aromatic N) is 4. The Labute approximate surface area is 130 Å². The van der Waals surface area contributed by atoms with Crippen LogP contribution in [0.3, 0.4) is 0 Å². The fourth-order valence-corrected chi connectivity index (χ4v) is 5.13. The summed E-state index contributed by atoms with van der Waals surface area (Å²) in [7, 11) is -3.25. The maximum Gasteiger partial charge on any atom is 0.255 e. The molecule has 2 fully saturated rings. The van der Waals surface area contributed by atoms with Crippen molar-refractivity contribution in [3.63, 3.8) is 0 Å². The fraction of sp³-hybridized carbons (Fsp3) is 0.643. The Kier molecular flexibility index (Phi) is 3.90. The molecule has 1 amide bonds. The second-order valence-corrected chi connectivity index (χ2v) is 8.03. The number of amides is 1. The van der Waals surface area contributed by atoms with Gasteiger partial charge in [0.25, 0.3) is 5.91 Å². The molecule has 3 heterocycles. The lowest BCUT2D eigenvalue weighted by Gasteiger charge is -2.44. The molecule has 0 bridgehead atoms. The number of piperidine rings is 1. The molecule has 22 heavy (non-hydrogen) atoms. The summed E-state index contributed by atoms with van der Waals surface area (Å²) in [5.41, 5.74) is 0.0676. The van der Waals surface area contributed by atoms with Crippen molar-refractivity contribution < 1.29 is 13.2 Å². The van der Waals surface area contributed by atoms with Gasteiger partial charge in [-0.25, -0.2) is 8.42 Å². The van der Waals surface area contributed by atoms with Crippen LogP contribution in [-0.2, 0) is 10.0 Å². The largest absolute Gasteiger partial charge is 0.337 e. The lowest BCUT2D eigenvalue weighted by Crippen LogP contribution is -2.58. The van der Waals surface area contributed by atoms with Gasteiger partial charge in [-0.2, -0.15) is 14.5 Å². The van der Waals surface area contributed by atoms with E-state index in [-0.39, 0.29) is 5.91 Å². The van der Waals surface area contributed by atoms with Crippen LogP contribution in [0.1, 0.15) is 36.0 Å². The third kappa shape index (κ3) is 2.72. The van der Waals surface area contributed by atoms with E-state index < -0.39 is 15.6 Å². The van der Waals surface area contributed by atoms with Crippen molar-refractivity contribution in [2.24, 2.45) is 0 Å². The first-order chi connectivity index (χ1) is 10.4. The molecule has 120 valence electrons. The molecule has 1 aromatic heterocycles. The van der Waals surface area contributed by atoms with Gasteiger partial charge in [-0.3, -0.25) is 4.79 Å². The average Bonchev–Trinajstić information content (AvgIpc) is 2.90. The lowest BCUT2D eigenvalue weighted by atomic mass is 9.87. The molecule has 0 aromatic carbocycles. The van der Waals surface area contributed by atoms with E-state index in [1.807, 2.05) is 0 Å². The fourth-order valence-electron chi connectivity index (χ4n) is 3.72. The normalized spacial score (nSPS) is 26.5. The molecular weight excluding hydrogens is 304 g/mol. The predicted molar refractivity (Wildman–Crippen MR) is 80.7 cm³/mol. The van der Waals surface area contributed by atoms with Gasteiger partial charge in [-0.1, -0.05) is 0 Å². The number of carbonyl (C=O) groups is 1. The van der Waals surface area contributed by atoms with E-state index in [4.69, 9.17) is 0 Å². The van der Waals surface area contributed by atoms with Gasteiger partial charge in [0.15, 0.2) is 0 Å². The summed E-state index contributed by atoms with van der Waals surface area (Å²) < 4.78 is 25.7.